The molecule has 0 radical (unpaired) electrons. The minimum atomic E-state index is -4.29. The Morgan fingerprint density at radius 2 is 1.67 bits per heavy atom. The van der Waals surface area contributed by atoms with Crippen molar-refractivity contribution < 1.29 is 18.0 Å². The van der Waals surface area contributed by atoms with Gasteiger partial charge in [-0.3, -0.25) is 4.79 Å². The zero-order valence-electron chi connectivity index (χ0n) is 17.4. The second kappa shape index (κ2) is 7.90. The molecule has 0 aliphatic heterocycles. The van der Waals surface area contributed by atoms with Gasteiger partial charge in [-0.25, -0.2) is 0 Å². The normalized spacial score (nSPS) is 27.9. The van der Waals surface area contributed by atoms with E-state index in [9.17, 15) is 23.2 Å². The molecule has 4 rings (SSSR count). The first-order chi connectivity index (χ1) is 14.2. The summed E-state index contributed by atoms with van der Waals surface area (Å²) in [5, 5.41) is 9.30. The van der Waals surface area contributed by atoms with Crippen molar-refractivity contribution in [3.8, 4) is 6.07 Å². The van der Waals surface area contributed by atoms with Crippen LogP contribution in [0.4, 0.5) is 13.2 Å². The van der Waals surface area contributed by atoms with Crippen molar-refractivity contribution in [2.24, 2.45) is 11.3 Å². The van der Waals surface area contributed by atoms with Crippen LogP contribution in [0.1, 0.15) is 86.6 Å². The van der Waals surface area contributed by atoms with Gasteiger partial charge >= 0.3 is 6.18 Å². The van der Waals surface area contributed by atoms with Crippen LogP contribution in [0.5, 0.6) is 0 Å². The predicted molar refractivity (Wildman–Crippen MR) is 108 cm³/mol. The summed E-state index contributed by atoms with van der Waals surface area (Å²) in [7, 11) is 0. The molecule has 0 saturated heterocycles. The fourth-order valence-corrected chi connectivity index (χ4v) is 5.27. The van der Waals surface area contributed by atoms with Crippen molar-refractivity contribution in [1.82, 2.24) is 4.90 Å². The summed E-state index contributed by atoms with van der Waals surface area (Å²) < 4.78 is 38.9. The molecule has 0 spiro atoms. The fourth-order valence-electron chi connectivity index (χ4n) is 5.27. The van der Waals surface area contributed by atoms with Crippen LogP contribution in [0, 0.1) is 22.7 Å². The maximum atomic E-state index is 13.3. The van der Waals surface area contributed by atoms with Crippen molar-refractivity contribution in [2.75, 3.05) is 0 Å². The number of nitrogens with zero attached hydrogens (tertiary/aromatic N) is 2. The van der Waals surface area contributed by atoms with E-state index in [4.69, 9.17) is 0 Å². The number of alkyl halides is 3. The minimum absolute atomic E-state index is 0.0621. The number of benzene rings is 1. The number of carbonyl (C=O) groups excluding carboxylic acids is 1. The van der Waals surface area contributed by atoms with Crippen LogP contribution < -0.4 is 0 Å². The van der Waals surface area contributed by atoms with E-state index in [0.717, 1.165) is 45.4 Å². The third-order valence-corrected chi connectivity index (χ3v) is 7.54. The summed E-state index contributed by atoms with van der Waals surface area (Å²) in [6.07, 6.45) is 4.59. The molecule has 30 heavy (non-hydrogen) atoms. The molecule has 0 N–H and O–H groups in total. The summed E-state index contributed by atoms with van der Waals surface area (Å²) in [6, 6.07) is 8.77. The summed E-state index contributed by atoms with van der Waals surface area (Å²) in [5.41, 5.74) is 0.787. The van der Waals surface area contributed by atoms with E-state index in [1.165, 1.54) is 25.0 Å². The van der Waals surface area contributed by atoms with E-state index in [-0.39, 0.29) is 29.0 Å². The molecule has 162 valence electrons. The maximum Gasteiger partial charge on any atom is 0.395 e. The molecule has 3 fully saturated rings. The molecule has 3 saturated carbocycles. The van der Waals surface area contributed by atoms with Gasteiger partial charge in [0.2, 0.25) is 0 Å². The van der Waals surface area contributed by atoms with Gasteiger partial charge in [-0.05, 0) is 87.3 Å². The van der Waals surface area contributed by atoms with Crippen LogP contribution in [0.25, 0.3) is 0 Å². The Morgan fingerprint density at radius 3 is 2.13 bits per heavy atom. The van der Waals surface area contributed by atoms with Gasteiger partial charge in [-0.1, -0.05) is 12.1 Å². The Hall–Kier alpha value is -2.03. The van der Waals surface area contributed by atoms with Crippen LogP contribution in [0.15, 0.2) is 24.3 Å². The minimum Gasteiger partial charge on any atom is -0.333 e. The van der Waals surface area contributed by atoms with E-state index in [1.807, 2.05) is 4.90 Å². The summed E-state index contributed by atoms with van der Waals surface area (Å²) in [6.45, 7) is 1.14. The van der Waals surface area contributed by atoms with Gasteiger partial charge < -0.3 is 4.90 Å². The average Bonchev–Trinajstić information content (AvgIpc) is 3.62. The van der Waals surface area contributed by atoms with Gasteiger partial charge in [-0.15, -0.1) is 0 Å². The Bertz CT molecular complexity index is 810. The molecule has 3 nitrogen and oxygen atoms in total. The van der Waals surface area contributed by atoms with Gasteiger partial charge in [-0.2, -0.15) is 18.4 Å². The van der Waals surface area contributed by atoms with Crippen LogP contribution >= 0.6 is 0 Å². The lowest BCUT2D eigenvalue weighted by molar-refractivity contribution is -0.146. The Labute approximate surface area is 176 Å². The van der Waals surface area contributed by atoms with E-state index in [0.29, 0.717) is 17.9 Å². The smallest absolute Gasteiger partial charge is 0.333 e. The molecule has 3 aliphatic rings. The van der Waals surface area contributed by atoms with Gasteiger partial charge in [0.25, 0.3) is 5.91 Å². The molecule has 0 unspecified atom stereocenters. The molecule has 1 aromatic rings. The van der Waals surface area contributed by atoms with E-state index < -0.39 is 12.1 Å². The highest BCUT2D eigenvalue weighted by atomic mass is 19.4. The lowest BCUT2D eigenvalue weighted by Crippen LogP contribution is -2.46. The molecular weight excluding hydrogens is 389 g/mol. The molecule has 6 heteroatoms. The van der Waals surface area contributed by atoms with Crippen LogP contribution in [-0.4, -0.2) is 29.1 Å². The average molecular weight is 419 g/mol. The molecule has 3 aliphatic carbocycles. The van der Waals surface area contributed by atoms with E-state index in [2.05, 4.69) is 6.07 Å². The number of rotatable bonds is 6. The van der Waals surface area contributed by atoms with Crippen molar-refractivity contribution in [2.45, 2.75) is 88.9 Å². The third kappa shape index (κ3) is 4.22. The second-order valence-electron chi connectivity index (χ2n) is 9.53. The fraction of sp³-hybridized carbons (Fsp3) is 0.667. The zero-order chi connectivity index (χ0) is 21.5. The van der Waals surface area contributed by atoms with Gasteiger partial charge in [0.05, 0.1) is 12.0 Å². The molecule has 1 atom stereocenters. The highest BCUT2D eigenvalue weighted by Crippen LogP contribution is 2.56. The summed E-state index contributed by atoms with van der Waals surface area (Å²) in [4.78, 5) is 15.3. The summed E-state index contributed by atoms with van der Waals surface area (Å²) in [5.74, 6) is -0.936. The number of amides is 1. The van der Waals surface area contributed by atoms with Crippen molar-refractivity contribution >= 4 is 5.91 Å². The Morgan fingerprint density at radius 1 is 1.10 bits per heavy atom. The van der Waals surface area contributed by atoms with Gasteiger partial charge in [0.15, 0.2) is 0 Å². The topological polar surface area (TPSA) is 44.1 Å². The number of hydrogen-bond donors (Lipinski definition) is 0. The second-order valence-corrected chi connectivity index (χ2v) is 9.53. The van der Waals surface area contributed by atoms with Crippen molar-refractivity contribution in [1.29, 1.82) is 5.26 Å². The largest absolute Gasteiger partial charge is 0.395 e. The predicted octanol–water partition coefficient (Wildman–Crippen LogP) is 6.21. The Balaban J connectivity index is 1.46. The molecule has 0 aromatic heterocycles. The molecule has 1 amide bonds. The molecular formula is C24H29F3N2O. The van der Waals surface area contributed by atoms with E-state index >= 15 is 0 Å². The molecule has 0 heterocycles. The van der Waals surface area contributed by atoms with Crippen LogP contribution in [0.2, 0.25) is 0 Å². The molecule has 0 bridgehead atoms. The standard InChI is InChI=1S/C24H29F3N2O/c1-16(24(25,26)27)17-2-4-18(5-3-17)22(30)29(20-8-9-20)21-10-12-23(13-11-21,14-15-28)19-6-7-19/h2-5,16,19-21H,6-14H2,1H3/t16-,21-,23-/m1/s1. The highest BCUT2D eigenvalue weighted by molar-refractivity contribution is 5.95. The number of nitriles is 1. The maximum absolute atomic E-state index is 13.3. The first-order valence-corrected chi connectivity index (χ1v) is 11.1. The number of hydrogen-bond acceptors (Lipinski definition) is 2. The Kier molecular flexibility index (Phi) is 5.59. The first-order valence-electron chi connectivity index (χ1n) is 11.1. The van der Waals surface area contributed by atoms with E-state index in [1.54, 1.807) is 12.1 Å². The quantitative estimate of drug-likeness (QED) is 0.551. The van der Waals surface area contributed by atoms with Gasteiger partial charge in [0.1, 0.15) is 0 Å². The van der Waals surface area contributed by atoms with Gasteiger partial charge in [0, 0.05) is 24.1 Å². The SMILES string of the molecule is C[C@H](c1ccc(C(=O)N(C2CC2)[C@H]2CC[C@](CC#N)(C3CC3)CC2)cc1)C(F)(F)F. The zero-order valence-corrected chi connectivity index (χ0v) is 17.4. The number of carbonyl (C=O) groups is 1. The molecule has 1 aromatic carbocycles. The summed E-state index contributed by atoms with van der Waals surface area (Å²) >= 11 is 0. The highest BCUT2D eigenvalue weighted by Gasteiger charge is 2.49. The van der Waals surface area contributed by atoms with Crippen LogP contribution in [0.3, 0.4) is 0 Å². The first kappa shape index (κ1) is 21.2. The lowest BCUT2D eigenvalue weighted by atomic mass is 9.67. The van der Waals surface area contributed by atoms with Crippen LogP contribution in [-0.2, 0) is 0 Å². The van der Waals surface area contributed by atoms with Crippen molar-refractivity contribution in [3.63, 3.8) is 0 Å². The van der Waals surface area contributed by atoms with Crippen molar-refractivity contribution in [3.05, 3.63) is 35.4 Å². The monoisotopic (exact) mass is 418 g/mol. The number of halogens is 3. The lowest BCUT2D eigenvalue weighted by Gasteiger charge is -2.43. The third-order valence-electron chi connectivity index (χ3n) is 7.54.